The smallest absolute Gasteiger partial charge is 0.240 e. The van der Waals surface area contributed by atoms with Crippen molar-refractivity contribution in [2.24, 2.45) is 5.73 Å². The second-order valence-electron chi connectivity index (χ2n) is 4.37. The zero-order chi connectivity index (χ0) is 12.1. The van der Waals surface area contributed by atoms with Crippen LogP contribution in [0, 0.1) is 0 Å². The van der Waals surface area contributed by atoms with Gasteiger partial charge in [0.05, 0.1) is 12.6 Å². The van der Waals surface area contributed by atoms with Gasteiger partial charge in [-0.2, -0.15) is 0 Å². The maximum absolute atomic E-state index is 12.1. The van der Waals surface area contributed by atoms with Gasteiger partial charge in [0.2, 0.25) is 11.8 Å². The Morgan fingerprint density at radius 3 is 2.62 bits per heavy atom. The van der Waals surface area contributed by atoms with Gasteiger partial charge in [-0.1, -0.05) is 0 Å². The van der Waals surface area contributed by atoms with Crippen LogP contribution in [0.5, 0.6) is 0 Å². The van der Waals surface area contributed by atoms with Gasteiger partial charge in [0.25, 0.3) is 0 Å². The number of rotatable bonds is 4. The third-order valence-electron chi connectivity index (χ3n) is 2.95. The van der Waals surface area contributed by atoms with Crippen molar-refractivity contribution in [3.63, 3.8) is 0 Å². The third-order valence-corrected chi connectivity index (χ3v) is 2.95. The zero-order valence-corrected chi connectivity index (χ0v) is 10.0. The summed E-state index contributed by atoms with van der Waals surface area (Å²) in [6.45, 7) is 4.47. The van der Waals surface area contributed by atoms with Crippen molar-refractivity contribution in [2.75, 3.05) is 13.1 Å². The van der Waals surface area contributed by atoms with E-state index in [9.17, 15) is 9.59 Å². The lowest BCUT2D eigenvalue weighted by Crippen LogP contribution is -2.52. The van der Waals surface area contributed by atoms with Crippen LogP contribution in [-0.4, -0.2) is 41.9 Å². The molecular weight excluding hydrogens is 206 g/mol. The van der Waals surface area contributed by atoms with Crippen molar-refractivity contribution in [3.8, 4) is 0 Å². The van der Waals surface area contributed by atoms with E-state index < -0.39 is 5.91 Å². The fraction of sp³-hybridized carbons (Fsp3) is 0.818. The molecule has 3 N–H and O–H groups in total. The van der Waals surface area contributed by atoms with Crippen molar-refractivity contribution < 1.29 is 9.59 Å². The molecule has 1 rings (SSSR count). The summed E-state index contributed by atoms with van der Waals surface area (Å²) in [4.78, 5) is 24.4. The van der Waals surface area contributed by atoms with Crippen molar-refractivity contribution in [1.29, 1.82) is 0 Å². The number of piperidine rings is 1. The Hall–Kier alpha value is -1.10. The van der Waals surface area contributed by atoms with Crippen LogP contribution in [0.4, 0.5) is 0 Å². The van der Waals surface area contributed by atoms with Crippen LogP contribution in [0.1, 0.15) is 33.1 Å². The molecule has 0 aromatic rings. The molecule has 16 heavy (non-hydrogen) atoms. The first kappa shape index (κ1) is 13.0. The van der Waals surface area contributed by atoms with Crippen molar-refractivity contribution in [2.45, 2.75) is 45.2 Å². The Kier molecular flexibility index (Phi) is 4.73. The van der Waals surface area contributed by atoms with Gasteiger partial charge in [0.1, 0.15) is 0 Å². The van der Waals surface area contributed by atoms with E-state index in [1.807, 2.05) is 6.92 Å². The number of nitrogens with zero attached hydrogens (tertiary/aromatic N) is 1. The first-order valence-electron chi connectivity index (χ1n) is 5.87. The minimum Gasteiger partial charge on any atom is -0.368 e. The molecule has 92 valence electrons. The quantitative estimate of drug-likeness (QED) is 0.701. The number of nitrogens with one attached hydrogen (secondary N) is 1. The molecule has 0 aromatic carbocycles. The zero-order valence-electron chi connectivity index (χ0n) is 10.0. The number of nitrogens with two attached hydrogens (primary N) is 1. The first-order valence-corrected chi connectivity index (χ1v) is 5.87. The third kappa shape index (κ3) is 3.48. The van der Waals surface area contributed by atoms with Crippen LogP contribution in [0.2, 0.25) is 0 Å². The van der Waals surface area contributed by atoms with Crippen molar-refractivity contribution in [3.05, 3.63) is 0 Å². The predicted octanol–water partition coefficient (Wildman–Crippen LogP) is -0.149. The van der Waals surface area contributed by atoms with Crippen molar-refractivity contribution in [1.82, 2.24) is 10.2 Å². The summed E-state index contributed by atoms with van der Waals surface area (Å²) in [6.07, 6.45) is 3.00. The lowest BCUT2D eigenvalue weighted by atomic mass is 9.98. The van der Waals surface area contributed by atoms with Crippen LogP contribution >= 0.6 is 0 Å². The number of primary amides is 1. The normalized spacial score (nSPS) is 25.1. The second-order valence-corrected chi connectivity index (χ2v) is 4.37. The van der Waals surface area contributed by atoms with Gasteiger partial charge in [0, 0.05) is 12.6 Å². The van der Waals surface area contributed by atoms with Crippen LogP contribution < -0.4 is 11.1 Å². The molecule has 2 unspecified atom stereocenters. The number of hydrogen-bond donors (Lipinski definition) is 2. The highest BCUT2D eigenvalue weighted by molar-refractivity contribution is 5.87. The Bertz CT molecular complexity index is 268. The molecule has 1 aliphatic rings. The molecule has 1 fully saturated rings. The number of likely N-dealkylation sites (N-methyl/N-ethyl adjacent to an activating group) is 1. The number of amides is 2. The molecular formula is C11H21N3O2. The average Bonchev–Trinajstić information content (AvgIpc) is 2.24. The molecule has 1 heterocycles. The Morgan fingerprint density at radius 1 is 1.44 bits per heavy atom. The maximum Gasteiger partial charge on any atom is 0.240 e. The fourth-order valence-corrected chi connectivity index (χ4v) is 2.09. The Balaban J connectivity index is 2.56. The molecule has 0 aliphatic carbocycles. The number of carbonyl (C=O) groups is 2. The van der Waals surface area contributed by atoms with Gasteiger partial charge in [-0.05, 0) is 33.1 Å². The molecule has 0 bridgehead atoms. The molecule has 2 atom stereocenters. The number of carbonyl (C=O) groups excluding carboxylic acids is 2. The van der Waals surface area contributed by atoms with E-state index in [4.69, 9.17) is 5.73 Å². The van der Waals surface area contributed by atoms with Crippen LogP contribution in [0.15, 0.2) is 0 Å². The molecule has 5 heteroatoms. The summed E-state index contributed by atoms with van der Waals surface area (Å²) in [6, 6.07) is 0.220. The molecule has 2 amide bonds. The topological polar surface area (TPSA) is 75.4 Å². The summed E-state index contributed by atoms with van der Waals surface area (Å²) in [5.74, 6) is -0.466. The lowest BCUT2D eigenvalue weighted by molar-refractivity contribution is -0.137. The van der Waals surface area contributed by atoms with E-state index >= 15 is 0 Å². The highest BCUT2D eigenvalue weighted by Crippen LogP contribution is 2.14. The molecule has 0 aromatic heterocycles. The summed E-state index contributed by atoms with van der Waals surface area (Å²) in [5, 5.41) is 3.26. The van der Waals surface area contributed by atoms with Gasteiger partial charge < -0.3 is 16.0 Å². The molecule has 5 nitrogen and oxygen atoms in total. The first-order chi connectivity index (χ1) is 7.54. The van der Waals surface area contributed by atoms with E-state index in [0.29, 0.717) is 12.6 Å². The Morgan fingerprint density at radius 2 is 2.12 bits per heavy atom. The van der Waals surface area contributed by atoms with Crippen LogP contribution in [0.3, 0.4) is 0 Å². The molecule has 0 spiro atoms. The van der Waals surface area contributed by atoms with E-state index in [1.165, 1.54) is 4.90 Å². The lowest BCUT2D eigenvalue weighted by Gasteiger charge is -2.31. The average molecular weight is 227 g/mol. The predicted molar refractivity (Wildman–Crippen MR) is 61.7 cm³/mol. The largest absolute Gasteiger partial charge is 0.368 e. The summed E-state index contributed by atoms with van der Waals surface area (Å²) < 4.78 is 0. The highest BCUT2D eigenvalue weighted by Gasteiger charge is 2.27. The van der Waals surface area contributed by atoms with Gasteiger partial charge in [-0.3, -0.25) is 9.59 Å². The second kappa shape index (κ2) is 5.84. The minimum absolute atomic E-state index is 0.00662. The monoisotopic (exact) mass is 227 g/mol. The van der Waals surface area contributed by atoms with Gasteiger partial charge in [-0.25, -0.2) is 0 Å². The van der Waals surface area contributed by atoms with Crippen LogP contribution in [-0.2, 0) is 9.59 Å². The van der Waals surface area contributed by atoms with E-state index in [2.05, 4.69) is 12.2 Å². The van der Waals surface area contributed by atoms with Gasteiger partial charge >= 0.3 is 0 Å². The molecule has 0 saturated carbocycles. The standard InChI is InChI=1S/C11H21N3O2/c1-3-14(7-10(12)15)11(16)9-6-4-5-8(2)13-9/h8-9,13H,3-7H2,1-2H3,(H2,12,15). The highest BCUT2D eigenvalue weighted by atomic mass is 16.2. The van der Waals surface area contributed by atoms with Gasteiger partial charge in [-0.15, -0.1) is 0 Å². The summed E-state index contributed by atoms with van der Waals surface area (Å²) in [5.41, 5.74) is 5.11. The maximum atomic E-state index is 12.1. The molecule has 1 saturated heterocycles. The minimum atomic E-state index is -0.459. The summed E-state index contributed by atoms with van der Waals surface area (Å²) in [7, 11) is 0. The van der Waals surface area contributed by atoms with E-state index in [1.54, 1.807) is 0 Å². The van der Waals surface area contributed by atoms with Crippen LogP contribution in [0.25, 0.3) is 0 Å². The Labute approximate surface area is 96.4 Å². The van der Waals surface area contributed by atoms with Crippen molar-refractivity contribution >= 4 is 11.8 Å². The van der Waals surface area contributed by atoms with Gasteiger partial charge in [0.15, 0.2) is 0 Å². The number of hydrogen-bond acceptors (Lipinski definition) is 3. The SMILES string of the molecule is CCN(CC(N)=O)C(=O)C1CCCC(C)N1. The molecule has 0 radical (unpaired) electrons. The van der Waals surface area contributed by atoms with E-state index in [0.717, 1.165) is 19.3 Å². The van der Waals surface area contributed by atoms with E-state index in [-0.39, 0.29) is 18.5 Å². The summed E-state index contributed by atoms with van der Waals surface area (Å²) >= 11 is 0. The molecule has 1 aliphatic heterocycles. The fourth-order valence-electron chi connectivity index (χ4n) is 2.09.